The molecule has 1 aromatic carbocycles. The van der Waals surface area contributed by atoms with Crippen LogP contribution in [0, 0.1) is 0 Å². The monoisotopic (exact) mass is 377 g/mol. The van der Waals surface area contributed by atoms with Crippen molar-refractivity contribution in [1.29, 1.82) is 0 Å². The molecule has 1 amide bonds. The molecule has 0 radical (unpaired) electrons. The molecule has 0 aliphatic rings. The SMILES string of the molecule is CN(Cc1cscn1)C(=O)c1cnc2c(c1)ncn2CCc1ccccc1. The zero-order valence-electron chi connectivity index (χ0n) is 14.9. The Balaban J connectivity index is 1.49. The average molecular weight is 377 g/mol. The lowest BCUT2D eigenvalue weighted by atomic mass is 10.1. The van der Waals surface area contributed by atoms with Crippen LogP contribution in [-0.4, -0.2) is 37.4 Å². The molecule has 0 bridgehead atoms. The summed E-state index contributed by atoms with van der Waals surface area (Å²) in [6.45, 7) is 1.27. The van der Waals surface area contributed by atoms with Crippen molar-refractivity contribution in [2.75, 3.05) is 7.05 Å². The number of rotatable bonds is 6. The first kappa shape index (κ1) is 17.4. The van der Waals surface area contributed by atoms with E-state index in [4.69, 9.17) is 0 Å². The first-order valence-corrected chi connectivity index (χ1v) is 9.62. The van der Waals surface area contributed by atoms with Crippen molar-refractivity contribution in [3.8, 4) is 0 Å². The van der Waals surface area contributed by atoms with Crippen LogP contribution in [0.5, 0.6) is 0 Å². The molecule has 27 heavy (non-hydrogen) atoms. The Morgan fingerprint density at radius 3 is 2.81 bits per heavy atom. The number of pyridine rings is 1. The molecule has 4 aromatic rings. The number of hydrogen-bond acceptors (Lipinski definition) is 5. The third-order valence-corrected chi connectivity index (χ3v) is 5.05. The number of nitrogens with zero attached hydrogens (tertiary/aromatic N) is 5. The molecule has 0 atom stereocenters. The van der Waals surface area contributed by atoms with Gasteiger partial charge in [0.05, 0.1) is 29.6 Å². The van der Waals surface area contributed by atoms with E-state index < -0.39 is 0 Å². The number of aromatic nitrogens is 4. The van der Waals surface area contributed by atoms with Crippen LogP contribution in [0.2, 0.25) is 0 Å². The van der Waals surface area contributed by atoms with E-state index in [2.05, 4.69) is 27.1 Å². The van der Waals surface area contributed by atoms with Crippen molar-refractivity contribution in [2.24, 2.45) is 0 Å². The topological polar surface area (TPSA) is 63.9 Å². The number of fused-ring (bicyclic) bond motifs is 1. The maximum absolute atomic E-state index is 12.7. The van der Waals surface area contributed by atoms with Gasteiger partial charge < -0.3 is 9.47 Å². The van der Waals surface area contributed by atoms with Crippen LogP contribution in [0.3, 0.4) is 0 Å². The lowest BCUT2D eigenvalue weighted by Crippen LogP contribution is -2.26. The summed E-state index contributed by atoms with van der Waals surface area (Å²) < 4.78 is 2.02. The molecule has 6 nitrogen and oxygen atoms in total. The fraction of sp³-hybridized carbons (Fsp3) is 0.200. The van der Waals surface area contributed by atoms with Crippen molar-refractivity contribution in [3.05, 3.63) is 76.6 Å². The summed E-state index contributed by atoms with van der Waals surface area (Å²) in [6.07, 6.45) is 4.32. The van der Waals surface area contributed by atoms with E-state index in [1.54, 1.807) is 36.0 Å². The second-order valence-electron chi connectivity index (χ2n) is 6.38. The summed E-state index contributed by atoms with van der Waals surface area (Å²) in [5.74, 6) is -0.0868. The Bertz CT molecular complexity index is 1040. The Labute approximate surface area is 161 Å². The average Bonchev–Trinajstić information content (AvgIpc) is 3.35. The number of hydrogen-bond donors (Lipinski definition) is 0. The predicted octanol–water partition coefficient (Wildman–Crippen LogP) is 3.40. The van der Waals surface area contributed by atoms with E-state index in [-0.39, 0.29) is 5.91 Å². The van der Waals surface area contributed by atoms with Gasteiger partial charge in [0.1, 0.15) is 5.52 Å². The van der Waals surface area contributed by atoms with Crippen LogP contribution < -0.4 is 0 Å². The fourth-order valence-corrected chi connectivity index (χ4v) is 3.52. The first-order valence-electron chi connectivity index (χ1n) is 8.68. The van der Waals surface area contributed by atoms with E-state index in [0.29, 0.717) is 12.1 Å². The molecule has 0 saturated heterocycles. The first-order chi connectivity index (χ1) is 13.2. The van der Waals surface area contributed by atoms with Crippen molar-refractivity contribution >= 4 is 28.4 Å². The van der Waals surface area contributed by atoms with Gasteiger partial charge in [0.2, 0.25) is 0 Å². The summed E-state index contributed by atoms with van der Waals surface area (Å²) in [5, 5.41) is 1.94. The minimum atomic E-state index is -0.0868. The second kappa shape index (κ2) is 7.67. The maximum atomic E-state index is 12.7. The number of carbonyl (C=O) groups excluding carboxylic acids is 1. The van der Waals surface area contributed by atoms with Crippen molar-refractivity contribution in [3.63, 3.8) is 0 Å². The molecule has 7 heteroatoms. The quantitative estimate of drug-likeness (QED) is 0.517. The Kier molecular flexibility index (Phi) is 4.93. The summed E-state index contributed by atoms with van der Waals surface area (Å²) in [4.78, 5) is 27.4. The van der Waals surface area contributed by atoms with Gasteiger partial charge in [0, 0.05) is 25.2 Å². The van der Waals surface area contributed by atoms with Gasteiger partial charge in [0.25, 0.3) is 5.91 Å². The molecular formula is C20H19N5OS. The van der Waals surface area contributed by atoms with Crippen LogP contribution in [0.1, 0.15) is 21.6 Å². The standard InChI is InChI=1S/C20H19N5OS/c1-24(11-17-12-27-14-23-17)20(26)16-9-18-19(21-10-16)25(13-22-18)8-7-15-5-3-2-4-6-15/h2-6,9-10,12-14H,7-8,11H2,1H3. The summed E-state index contributed by atoms with van der Waals surface area (Å²) in [7, 11) is 1.77. The number of carbonyl (C=O) groups is 1. The van der Waals surface area contributed by atoms with E-state index in [1.807, 2.05) is 28.1 Å². The molecule has 0 aliphatic carbocycles. The van der Waals surface area contributed by atoms with E-state index in [1.165, 1.54) is 16.9 Å². The van der Waals surface area contributed by atoms with Gasteiger partial charge in [-0.1, -0.05) is 30.3 Å². The van der Waals surface area contributed by atoms with Crippen LogP contribution in [0.4, 0.5) is 0 Å². The zero-order chi connectivity index (χ0) is 18.6. The van der Waals surface area contributed by atoms with Crippen LogP contribution in [0.25, 0.3) is 11.2 Å². The highest BCUT2D eigenvalue weighted by atomic mass is 32.1. The number of imidazole rings is 1. The van der Waals surface area contributed by atoms with E-state index in [9.17, 15) is 4.79 Å². The number of thiazole rings is 1. The maximum Gasteiger partial charge on any atom is 0.255 e. The number of amides is 1. The van der Waals surface area contributed by atoms with E-state index >= 15 is 0 Å². The lowest BCUT2D eigenvalue weighted by molar-refractivity contribution is 0.0783. The Hall–Kier alpha value is -3.06. The number of aryl methyl sites for hydroxylation is 2. The van der Waals surface area contributed by atoms with Crippen LogP contribution in [0.15, 0.2) is 59.8 Å². The molecule has 136 valence electrons. The Morgan fingerprint density at radius 1 is 1.19 bits per heavy atom. The fourth-order valence-electron chi connectivity index (χ4n) is 2.97. The third kappa shape index (κ3) is 3.88. The predicted molar refractivity (Wildman–Crippen MR) is 106 cm³/mol. The molecule has 0 aliphatic heterocycles. The third-order valence-electron chi connectivity index (χ3n) is 4.42. The van der Waals surface area contributed by atoms with Gasteiger partial charge in [-0.2, -0.15) is 0 Å². The van der Waals surface area contributed by atoms with Gasteiger partial charge in [-0.15, -0.1) is 11.3 Å². The summed E-state index contributed by atoms with van der Waals surface area (Å²) in [6, 6.07) is 12.1. The van der Waals surface area contributed by atoms with Gasteiger partial charge in [-0.25, -0.2) is 15.0 Å². The second-order valence-corrected chi connectivity index (χ2v) is 7.10. The van der Waals surface area contributed by atoms with Crippen LogP contribution in [-0.2, 0) is 19.5 Å². The van der Waals surface area contributed by atoms with Crippen molar-refractivity contribution in [1.82, 2.24) is 24.4 Å². The summed E-state index contributed by atoms with van der Waals surface area (Å²) in [5.41, 5.74) is 5.99. The molecule has 3 heterocycles. The zero-order valence-corrected chi connectivity index (χ0v) is 15.8. The minimum Gasteiger partial charge on any atom is -0.336 e. The van der Waals surface area contributed by atoms with E-state index in [0.717, 1.165) is 29.8 Å². The minimum absolute atomic E-state index is 0.0868. The highest BCUT2D eigenvalue weighted by Gasteiger charge is 2.15. The van der Waals surface area contributed by atoms with Crippen molar-refractivity contribution in [2.45, 2.75) is 19.5 Å². The van der Waals surface area contributed by atoms with Gasteiger partial charge in [-0.05, 0) is 18.1 Å². The Morgan fingerprint density at radius 2 is 2.04 bits per heavy atom. The van der Waals surface area contributed by atoms with Gasteiger partial charge in [-0.3, -0.25) is 4.79 Å². The highest BCUT2D eigenvalue weighted by molar-refractivity contribution is 7.07. The number of benzene rings is 1. The largest absolute Gasteiger partial charge is 0.336 e. The highest BCUT2D eigenvalue weighted by Crippen LogP contribution is 2.15. The lowest BCUT2D eigenvalue weighted by Gasteiger charge is -2.15. The normalized spacial score (nSPS) is 11.0. The smallest absolute Gasteiger partial charge is 0.255 e. The summed E-state index contributed by atoms with van der Waals surface area (Å²) >= 11 is 1.52. The molecule has 0 fully saturated rings. The van der Waals surface area contributed by atoms with Crippen LogP contribution >= 0.6 is 11.3 Å². The molecule has 0 saturated carbocycles. The van der Waals surface area contributed by atoms with Gasteiger partial charge >= 0.3 is 0 Å². The molecule has 0 unspecified atom stereocenters. The van der Waals surface area contributed by atoms with Gasteiger partial charge in [0.15, 0.2) is 5.65 Å². The van der Waals surface area contributed by atoms with Crippen molar-refractivity contribution < 1.29 is 4.79 Å². The molecule has 3 aromatic heterocycles. The molecule has 0 N–H and O–H groups in total. The molecular weight excluding hydrogens is 358 g/mol. The molecule has 4 rings (SSSR count). The molecule has 0 spiro atoms.